The van der Waals surface area contributed by atoms with Crippen LogP contribution >= 0.6 is 7.14 Å². The number of nitrogens with one attached hydrogen (secondary N) is 1. The van der Waals surface area contributed by atoms with Crippen LogP contribution in [0.15, 0.2) is 30.5 Å². The molecule has 31 heavy (non-hydrogen) atoms. The highest BCUT2D eigenvalue weighted by Gasteiger charge is 2.36. The molecule has 0 radical (unpaired) electrons. The topological polar surface area (TPSA) is 86.2 Å². The van der Waals surface area contributed by atoms with E-state index in [1.165, 1.54) is 12.3 Å². The lowest BCUT2D eigenvalue weighted by Crippen LogP contribution is -2.16. The first-order valence-electron chi connectivity index (χ1n) is 9.49. The molecule has 0 aliphatic carbocycles. The van der Waals surface area contributed by atoms with Crippen molar-refractivity contribution >= 4 is 29.3 Å². The number of alkyl halides is 3. The average Bonchev–Trinajstić information content (AvgIpc) is 2.71. The predicted octanol–water partition coefficient (Wildman–Crippen LogP) is 4.24. The number of ether oxygens (including phenoxy) is 2. The van der Waals surface area contributed by atoms with Crippen LogP contribution in [0.25, 0.3) is 11.0 Å². The smallest absolute Gasteiger partial charge is 0.419 e. The Morgan fingerprint density at radius 2 is 1.90 bits per heavy atom. The SMILES string of the molecule is CC1Nc2nc(nc3ncc(P(C)(C)=O)cc23)OCCOc2c1cccc2C(F)(F)F. The molecular weight excluding hydrogens is 432 g/mol. The monoisotopic (exact) mass is 452 g/mol. The molecule has 1 unspecified atom stereocenters. The number of halogens is 3. The van der Waals surface area contributed by atoms with Crippen molar-refractivity contribution in [1.82, 2.24) is 15.0 Å². The fourth-order valence-corrected chi connectivity index (χ4v) is 4.07. The van der Waals surface area contributed by atoms with E-state index in [9.17, 15) is 17.7 Å². The summed E-state index contributed by atoms with van der Waals surface area (Å²) in [4.78, 5) is 12.9. The zero-order valence-electron chi connectivity index (χ0n) is 17.0. The van der Waals surface area contributed by atoms with E-state index in [0.29, 0.717) is 27.7 Å². The third kappa shape index (κ3) is 4.30. The maximum Gasteiger partial charge on any atom is 0.419 e. The normalized spacial score (nSPS) is 17.0. The van der Waals surface area contributed by atoms with Gasteiger partial charge in [-0.25, -0.2) is 4.98 Å². The van der Waals surface area contributed by atoms with E-state index < -0.39 is 24.9 Å². The van der Waals surface area contributed by atoms with E-state index in [4.69, 9.17) is 9.47 Å². The van der Waals surface area contributed by atoms with E-state index in [1.54, 1.807) is 32.4 Å². The van der Waals surface area contributed by atoms with Gasteiger partial charge in [0, 0.05) is 17.1 Å². The van der Waals surface area contributed by atoms with Crippen LogP contribution in [-0.2, 0) is 10.7 Å². The van der Waals surface area contributed by atoms with Crippen LogP contribution < -0.4 is 20.1 Å². The van der Waals surface area contributed by atoms with Gasteiger partial charge < -0.3 is 19.4 Å². The minimum absolute atomic E-state index is 0.0178. The summed E-state index contributed by atoms with van der Waals surface area (Å²) in [6.07, 6.45) is -3.07. The molecule has 1 aromatic carbocycles. The maximum atomic E-state index is 13.6. The first-order valence-corrected chi connectivity index (χ1v) is 12.1. The van der Waals surface area contributed by atoms with Crippen molar-refractivity contribution in [2.45, 2.75) is 19.1 Å². The van der Waals surface area contributed by atoms with E-state index in [2.05, 4.69) is 20.3 Å². The van der Waals surface area contributed by atoms with Crippen LogP contribution in [0, 0.1) is 0 Å². The van der Waals surface area contributed by atoms with Gasteiger partial charge in [-0.15, -0.1) is 0 Å². The Labute approximate surface area is 176 Å². The molecule has 0 saturated heterocycles. The summed E-state index contributed by atoms with van der Waals surface area (Å²) >= 11 is 0. The summed E-state index contributed by atoms with van der Waals surface area (Å²) < 4.78 is 64.2. The lowest BCUT2D eigenvalue weighted by molar-refractivity contribution is -0.139. The largest absolute Gasteiger partial charge is 0.489 e. The van der Waals surface area contributed by atoms with Crippen LogP contribution in [0.4, 0.5) is 19.0 Å². The molecule has 2 aromatic heterocycles. The molecule has 1 aliphatic rings. The Morgan fingerprint density at radius 1 is 1.16 bits per heavy atom. The fourth-order valence-electron chi connectivity index (χ4n) is 3.29. The lowest BCUT2D eigenvalue weighted by atomic mass is 10.0. The number of benzene rings is 1. The molecule has 0 spiro atoms. The predicted molar refractivity (Wildman–Crippen MR) is 111 cm³/mol. The van der Waals surface area contributed by atoms with Crippen molar-refractivity contribution in [1.29, 1.82) is 0 Å². The van der Waals surface area contributed by atoms with Gasteiger partial charge in [-0.2, -0.15) is 23.1 Å². The van der Waals surface area contributed by atoms with Crippen LogP contribution in [0.2, 0.25) is 0 Å². The molecule has 3 heterocycles. The Morgan fingerprint density at radius 3 is 2.61 bits per heavy atom. The Balaban J connectivity index is 1.87. The zero-order chi connectivity index (χ0) is 22.4. The highest BCUT2D eigenvalue weighted by atomic mass is 31.2. The Hall–Kier alpha value is -2.87. The van der Waals surface area contributed by atoms with E-state index >= 15 is 0 Å². The van der Waals surface area contributed by atoms with Crippen molar-refractivity contribution < 1.29 is 27.2 Å². The van der Waals surface area contributed by atoms with Crippen molar-refractivity contribution in [3.63, 3.8) is 0 Å². The molecular formula is C20H20F3N4O3P. The molecule has 1 N–H and O–H groups in total. The number of pyridine rings is 1. The lowest BCUT2D eigenvalue weighted by Gasteiger charge is -2.22. The fraction of sp³-hybridized carbons (Fsp3) is 0.350. The minimum atomic E-state index is -4.57. The molecule has 1 atom stereocenters. The van der Waals surface area contributed by atoms with Gasteiger partial charge in [0.05, 0.1) is 17.0 Å². The summed E-state index contributed by atoms with van der Waals surface area (Å²) in [5, 5.41) is 4.16. The van der Waals surface area contributed by atoms with Gasteiger partial charge in [0.2, 0.25) is 0 Å². The van der Waals surface area contributed by atoms with Crippen LogP contribution in [-0.4, -0.2) is 41.5 Å². The summed E-state index contributed by atoms with van der Waals surface area (Å²) in [5.41, 5.74) is -0.213. The summed E-state index contributed by atoms with van der Waals surface area (Å²) in [7, 11) is -2.60. The minimum Gasteiger partial charge on any atom is -0.489 e. The number of para-hydroxylation sites is 1. The van der Waals surface area contributed by atoms with Gasteiger partial charge in [-0.1, -0.05) is 12.1 Å². The first kappa shape index (κ1) is 21.4. The van der Waals surface area contributed by atoms with Crippen LogP contribution in [0.3, 0.4) is 0 Å². The second-order valence-electron chi connectivity index (χ2n) is 7.55. The number of hydrogen-bond acceptors (Lipinski definition) is 7. The number of hydrogen-bond donors (Lipinski definition) is 1. The van der Waals surface area contributed by atoms with Gasteiger partial charge in [0.15, 0.2) is 5.65 Å². The summed E-state index contributed by atoms with van der Waals surface area (Å²) in [6.45, 7) is 4.78. The molecule has 0 saturated carbocycles. The van der Waals surface area contributed by atoms with Crippen LogP contribution in [0.1, 0.15) is 24.1 Å². The number of fused-ring (bicyclic) bond motifs is 5. The zero-order valence-corrected chi connectivity index (χ0v) is 17.9. The van der Waals surface area contributed by atoms with Crippen molar-refractivity contribution in [3.8, 4) is 11.8 Å². The second kappa shape index (κ2) is 7.67. The van der Waals surface area contributed by atoms with Crippen molar-refractivity contribution in [2.24, 2.45) is 0 Å². The highest BCUT2D eigenvalue weighted by Crippen LogP contribution is 2.41. The molecule has 7 nitrogen and oxygen atoms in total. The second-order valence-corrected chi connectivity index (χ2v) is 10.8. The third-order valence-corrected chi connectivity index (χ3v) is 6.36. The molecule has 1 aliphatic heterocycles. The highest BCUT2D eigenvalue weighted by molar-refractivity contribution is 7.70. The first-order chi connectivity index (χ1) is 14.5. The molecule has 4 rings (SSSR count). The van der Waals surface area contributed by atoms with E-state index in [0.717, 1.165) is 6.07 Å². The number of rotatable bonds is 1. The van der Waals surface area contributed by atoms with Gasteiger partial charge in [-0.05, 0) is 32.4 Å². The Kier molecular flexibility index (Phi) is 5.29. The van der Waals surface area contributed by atoms with Crippen LogP contribution in [0.5, 0.6) is 11.8 Å². The standard InChI is InChI=1S/C20H20F3N4O3P/c1-11-13-5-4-6-15(20(21,22)23)16(13)29-7-8-30-19-26-17-14(18(25-11)27-19)9-12(10-24-17)31(2,3)28/h4-6,9-11H,7-8H2,1-3H3,(H,24,25,26,27). The average molecular weight is 452 g/mol. The van der Waals surface area contributed by atoms with Gasteiger partial charge in [0.25, 0.3) is 0 Å². The number of nitrogens with zero attached hydrogens (tertiary/aromatic N) is 3. The number of anilines is 1. The van der Waals surface area contributed by atoms with Gasteiger partial charge >= 0.3 is 12.2 Å². The van der Waals surface area contributed by atoms with E-state index in [-0.39, 0.29) is 25.0 Å². The molecule has 164 valence electrons. The number of aromatic nitrogens is 3. The van der Waals surface area contributed by atoms with Crippen molar-refractivity contribution in [2.75, 3.05) is 31.9 Å². The maximum absolute atomic E-state index is 13.6. The molecule has 3 aromatic rings. The summed E-state index contributed by atoms with van der Waals surface area (Å²) in [5.74, 6) is 0.0665. The Bertz CT molecular complexity index is 1200. The van der Waals surface area contributed by atoms with Crippen molar-refractivity contribution in [3.05, 3.63) is 41.6 Å². The molecule has 0 amide bonds. The summed E-state index contributed by atoms with van der Waals surface area (Å²) in [6, 6.07) is 5.00. The molecule has 2 bridgehead atoms. The van der Waals surface area contributed by atoms with Gasteiger partial charge in [0.1, 0.15) is 31.9 Å². The molecule has 0 fully saturated rings. The quantitative estimate of drug-likeness (QED) is 0.553. The third-order valence-electron chi connectivity index (χ3n) is 4.87. The van der Waals surface area contributed by atoms with E-state index in [1.807, 2.05) is 0 Å². The van der Waals surface area contributed by atoms with Gasteiger partial charge in [-0.3, -0.25) is 0 Å². The molecule has 11 heteroatoms.